The summed E-state index contributed by atoms with van der Waals surface area (Å²) < 4.78 is 19.4. The van der Waals surface area contributed by atoms with E-state index in [1.807, 2.05) is 30.3 Å². The van der Waals surface area contributed by atoms with Crippen molar-refractivity contribution in [2.45, 2.75) is 0 Å². The van der Waals surface area contributed by atoms with Gasteiger partial charge in [-0.15, -0.1) is 0 Å². The van der Waals surface area contributed by atoms with Gasteiger partial charge in [0.2, 0.25) is 5.91 Å². The van der Waals surface area contributed by atoms with Gasteiger partial charge < -0.3 is 10.1 Å². The van der Waals surface area contributed by atoms with E-state index in [2.05, 4.69) is 15.2 Å². The first-order chi connectivity index (χ1) is 13.6. The molecule has 0 atom stereocenters. The number of halogens is 1. The van der Waals surface area contributed by atoms with Crippen molar-refractivity contribution in [3.05, 3.63) is 78.3 Å². The molecule has 0 aliphatic carbocycles. The molecule has 3 aromatic rings. The quantitative estimate of drug-likeness (QED) is 0.528. The largest absolute Gasteiger partial charge is 0.468 e. The van der Waals surface area contributed by atoms with Crippen molar-refractivity contribution >= 4 is 18.0 Å². The Kier molecular flexibility index (Phi) is 5.96. The van der Waals surface area contributed by atoms with Crippen LogP contribution in [0.4, 0.5) is 4.39 Å². The summed E-state index contributed by atoms with van der Waals surface area (Å²) in [5, 5.41) is 7.01. The van der Waals surface area contributed by atoms with Crippen LogP contribution in [0.15, 0.2) is 66.9 Å². The molecule has 0 spiro atoms. The third kappa shape index (κ3) is 4.70. The highest BCUT2D eigenvalue weighted by Gasteiger charge is 2.11. The van der Waals surface area contributed by atoms with Gasteiger partial charge in [0.25, 0.3) is 0 Å². The summed E-state index contributed by atoms with van der Waals surface area (Å²) in [6.45, 7) is -0.215. The maximum absolute atomic E-state index is 13.3. The van der Waals surface area contributed by atoms with Crippen LogP contribution in [0.1, 0.15) is 5.56 Å². The number of amides is 1. The Bertz CT molecular complexity index is 995. The van der Waals surface area contributed by atoms with Crippen LogP contribution >= 0.6 is 0 Å². The first-order valence-electron chi connectivity index (χ1n) is 8.50. The molecule has 0 saturated carbocycles. The molecule has 7 heteroatoms. The Balaban J connectivity index is 1.91. The number of hydrogen-bond donors (Lipinski definition) is 1. The van der Waals surface area contributed by atoms with E-state index in [0.29, 0.717) is 16.8 Å². The summed E-state index contributed by atoms with van der Waals surface area (Å²) in [6.07, 6.45) is 4.68. The molecular formula is C21H18FN3O3. The molecule has 3 rings (SSSR count). The fraction of sp³-hybridized carbons (Fsp3) is 0.0952. The van der Waals surface area contributed by atoms with E-state index >= 15 is 0 Å². The molecule has 1 N–H and O–H groups in total. The molecule has 28 heavy (non-hydrogen) atoms. The minimum Gasteiger partial charge on any atom is -0.468 e. The molecule has 6 nitrogen and oxygen atoms in total. The highest BCUT2D eigenvalue weighted by atomic mass is 19.1. The highest BCUT2D eigenvalue weighted by Crippen LogP contribution is 2.25. The van der Waals surface area contributed by atoms with E-state index in [1.165, 1.54) is 25.3 Å². The van der Waals surface area contributed by atoms with Crippen LogP contribution in [0.2, 0.25) is 0 Å². The van der Waals surface area contributed by atoms with Gasteiger partial charge in [0, 0.05) is 23.4 Å². The molecule has 0 aliphatic heterocycles. The molecule has 1 amide bonds. The Morgan fingerprint density at radius 3 is 2.54 bits per heavy atom. The van der Waals surface area contributed by atoms with Crippen LogP contribution in [-0.2, 0) is 14.3 Å². The second-order valence-electron chi connectivity index (χ2n) is 5.85. The van der Waals surface area contributed by atoms with Crippen molar-refractivity contribution in [1.82, 2.24) is 15.1 Å². The summed E-state index contributed by atoms with van der Waals surface area (Å²) in [5.74, 6) is -1.32. The smallest absolute Gasteiger partial charge is 0.325 e. The average Bonchev–Trinajstić information content (AvgIpc) is 3.16. The van der Waals surface area contributed by atoms with E-state index < -0.39 is 11.9 Å². The summed E-state index contributed by atoms with van der Waals surface area (Å²) >= 11 is 0. The van der Waals surface area contributed by atoms with Gasteiger partial charge >= 0.3 is 5.97 Å². The molecule has 0 saturated heterocycles. The number of rotatable bonds is 6. The molecule has 0 bridgehead atoms. The number of methoxy groups -OCH3 is 1. The van der Waals surface area contributed by atoms with Crippen LogP contribution in [0.3, 0.4) is 0 Å². The molecule has 142 valence electrons. The third-order valence-corrected chi connectivity index (χ3v) is 3.93. The number of nitrogens with zero attached hydrogens (tertiary/aromatic N) is 2. The first-order valence-corrected chi connectivity index (χ1v) is 8.50. The van der Waals surface area contributed by atoms with E-state index in [4.69, 9.17) is 0 Å². The molecule has 2 aromatic carbocycles. The van der Waals surface area contributed by atoms with Crippen molar-refractivity contribution in [1.29, 1.82) is 0 Å². The maximum Gasteiger partial charge on any atom is 0.325 e. The fourth-order valence-electron chi connectivity index (χ4n) is 2.51. The topological polar surface area (TPSA) is 73.2 Å². The summed E-state index contributed by atoms with van der Waals surface area (Å²) in [6, 6.07) is 15.5. The zero-order valence-electron chi connectivity index (χ0n) is 15.1. The lowest BCUT2D eigenvalue weighted by atomic mass is 10.1. The number of ether oxygens (including phenoxy) is 1. The molecule has 1 heterocycles. The lowest BCUT2D eigenvalue weighted by Gasteiger charge is -2.01. The second kappa shape index (κ2) is 8.77. The standard InChI is InChI=1S/C21H18FN3O3/c1-28-20(27)13-23-19(26)12-9-16-14-25(18-5-3-2-4-6-18)24-21(16)15-7-10-17(22)11-8-15/h2-12,14H,13H2,1H3,(H,23,26)/b12-9+. The number of nitrogens with one attached hydrogen (secondary N) is 1. The third-order valence-electron chi connectivity index (χ3n) is 3.93. The number of carbonyl (C=O) groups is 2. The Labute approximate surface area is 161 Å². The lowest BCUT2D eigenvalue weighted by Crippen LogP contribution is -2.28. The van der Waals surface area contributed by atoms with Crippen molar-refractivity contribution in [3.63, 3.8) is 0 Å². The first kappa shape index (κ1) is 19.0. The van der Waals surface area contributed by atoms with Crippen LogP contribution < -0.4 is 5.32 Å². The van der Waals surface area contributed by atoms with Gasteiger partial charge in [0.15, 0.2) is 0 Å². The zero-order valence-corrected chi connectivity index (χ0v) is 15.1. The lowest BCUT2D eigenvalue weighted by molar-refractivity contribution is -0.140. The molecule has 1 aromatic heterocycles. The van der Waals surface area contributed by atoms with Gasteiger partial charge in [0.05, 0.1) is 18.5 Å². The van der Waals surface area contributed by atoms with Crippen molar-refractivity contribution in [3.8, 4) is 16.9 Å². The minimum absolute atomic E-state index is 0.215. The fourth-order valence-corrected chi connectivity index (χ4v) is 2.51. The Morgan fingerprint density at radius 2 is 1.86 bits per heavy atom. The van der Waals surface area contributed by atoms with Crippen molar-refractivity contribution in [2.75, 3.05) is 13.7 Å². The van der Waals surface area contributed by atoms with E-state index in [9.17, 15) is 14.0 Å². The van der Waals surface area contributed by atoms with Gasteiger partial charge in [-0.25, -0.2) is 9.07 Å². The minimum atomic E-state index is -0.536. The highest BCUT2D eigenvalue weighted by molar-refractivity contribution is 5.94. The molecular weight excluding hydrogens is 361 g/mol. The predicted octanol–water partition coefficient (Wildman–Crippen LogP) is 2.98. The molecule has 0 unspecified atom stereocenters. The van der Waals surface area contributed by atoms with Crippen LogP contribution in [0.25, 0.3) is 23.0 Å². The van der Waals surface area contributed by atoms with Crippen molar-refractivity contribution < 1.29 is 18.7 Å². The van der Waals surface area contributed by atoms with Crippen LogP contribution in [-0.4, -0.2) is 35.3 Å². The summed E-state index contributed by atoms with van der Waals surface area (Å²) in [4.78, 5) is 23.0. The zero-order chi connectivity index (χ0) is 19.9. The molecule has 0 radical (unpaired) electrons. The summed E-state index contributed by atoms with van der Waals surface area (Å²) in [7, 11) is 1.25. The molecule has 0 fully saturated rings. The van der Waals surface area contributed by atoms with Crippen LogP contribution in [0, 0.1) is 5.82 Å². The number of hydrogen-bond acceptors (Lipinski definition) is 4. The average molecular weight is 379 g/mol. The summed E-state index contributed by atoms with van der Waals surface area (Å²) in [5.41, 5.74) is 2.83. The monoisotopic (exact) mass is 379 g/mol. The maximum atomic E-state index is 13.3. The van der Waals surface area contributed by atoms with Gasteiger partial charge in [-0.2, -0.15) is 5.10 Å². The van der Waals surface area contributed by atoms with Gasteiger partial charge in [-0.1, -0.05) is 18.2 Å². The van der Waals surface area contributed by atoms with Gasteiger partial charge in [0.1, 0.15) is 12.4 Å². The number of benzene rings is 2. The van der Waals surface area contributed by atoms with E-state index in [-0.39, 0.29) is 12.4 Å². The van der Waals surface area contributed by atoms with Crippen molar-refractivity contribution in [2.24, 2.45) is 0 Å². The van der Waals surface area contributed by atoms with E-state index in [0.717, 1.165) is 5.69 Å². The van der Waals surface area contributed by atoms with Gasteiger partial charge in [-0.05, 0) is 42.5 Å². The predicted molar refractivity (Wildman–Crippen MR) is 103 cm³/mol. The molecule has 0 aliphatic rings. The Morgan fingerprint density at radius 1 is 1.14 bits per heavy atom. The number of esters is 1. The SMILES string of the molecule is COC(=O)CNC(=O)/C=C/c1cn(-c2ccccc2)nc1-c1ccc(F)cc1. The van der Waals surface area contributed by atoms with E-state index in [1.54, 1.807) is 29.1 Å². The second-order valence-corrected chi connectivity index (χ2v) is 5.85. The van der Waals surface area contributed by atoms with Crippen LogP contribution in [0.5, 0.6) is 0 Å². The van der Waals surface area contributed by atoms with Gasteiger partial charge in [-0.3, -0.25) is 9.59 Å². The number of para-hydroxylation sites is 1. The number of carbonyl (C=O) groups excluding carboxylic acids is 2. The number of aromatic nitrogens is 2. The normalized spacial score (nSPS) is 10.8. The Hall–Kier alpha value is -3.74.